The Balaban J connectivity index is 2.58. The molecule has 1 heterocycles. The molecule has 2 unspecified atom stereocenters. The van der Waals surface area contributed by atoms with Crippen LogP contribution in [0, 0.1) is 0 Å². The topological polar surface area (TPSA) is 40.5 Å². The number of hydrogen-bond donors (Lipinski definition) is 1. The third-order valence-electron chi connectivity index (χ3n) is 3.18. The molecular formula is C12H21NO2. The van der Waals surface area contributed by atoms with Crippen molar-refractivity contribution in [1.29, 1.82) is 0 Å². The van der Waals surface area contributed by atoms with E-state index >= 15 is 0 Å². The van der Waals surface area contributed by atoms with E-state index in [1.165, 1.54) is 25.3 Å². The van der Waals surface area contributed by atoms with Crippen molar-refractivity contribution in [2.75, 3.05) is 6.54 Å². The summed E-state index contributed by atoms with van der Waals surface area (Å²) in [6.07, 6.45) is 5.06. The minimum atomic E-state index is -0.843. The molecule has 3 heteroatoms. The maximum atomic E-state index is 10.5. The first-order valence-corrected chi connectivity index (χ1v) is 5.66. The average molecular weight is 211 g/mol. The molecule has 15 heavy (non-hydrogen) atoms. The summed E-state index contributed by atoms with van der Waals surface area (Å²) in [5, 5.41) is 8.65. The Labute approximate surface area is 91.8 Å². The molecular weight excluding hydrogens is 190 g/mol. The third-order valence-corrected chi connectivity index (χ3v) is 3.18. The Morgan fingerprint density at radius 2 is 1.93 bits per heavy atom. The highest BCUT2D eigenvalue weighted by Crippen LogP contribution is 2.23. The summed E-state index contributed by atoms with van der Waals surface area (Å²) >= 11 is 0. The number of carboxylic acids is 1. The van der Waals surface area contributed by atoms with Gasteiger partial charge >= 0.3 is 5.97 Å². The normalized spacial score (nSPS) is 29.1. The predicted octanol–water partition coefficient (Wildman–Crippen LogP) is 2.28. The number of carbonyl (C=O) groups is 1. The fraction of sp³-hybridized carbons (Fsp3) is 0.750. The molecule has 0 radical (unpaired) electrons. The number of rotatable bonds is 3. The lowest BCUT2D eigenvalue weighted by Crippen LogP contribution is -2.44. The molecule has 0 aliphatic carbocycles. The van der Waals surface area contributed by atoms with Crippen molar-refractivity contribution in [2.24, 2.45) is 0 Å². The van der Waals surface area contributed by atoms with Gasteiger partial charge in [-0.1, -0.05) is 12.0 Å². The van der Waals surface area contributed by atoms with Gasteiger partial charge in [0.1, 0.15) is 0 Å². The first-order valence-electron chi connectivity index (χ1n) is 5.66. The van der Waals surface area contributed by atoms with E-state index in [-0.39, 0.29) is 0 Å². The van der Waals surface area contributed by atoms with Gasteiger partial charge in [0.25, 0.3) is 0 Å². The van der Waals surface area contributed by atoms with Gasteiger partial charge < -0.3 is 5.11 Å². The van der Waals surface area contributed by atoms with Crippen molar-refractivity contribution in [2.45, 2.75) is 52.1 Å². The molecule has 2 atom stereocenters. The average Bonchev–Trinajstić information content (AvgIpc) is 2.10. The molecule has 1 N–H and O–H groups in total. The number of aliphatic carboxylic acids is 1. The molecule has 1 rings (SSSR count). The monoisotopic (exact) mass is 211 g/mol. The summed E-state index contributed by atoms with van der Waals surface area (Å²) in [6.45, 7) is 7.13. The Bertz CT molecular complexity index is 250. The van der Waals surface area contributed by atoms with Crippen LogP contribution in [0.4, 0.5) is 0 Å². The van der Waals surface area contributed by atoms with Gasteiger partial charge in [-0.25, -0.2) is 4.79 Å². The number of nitrogens with zero attached hydrogens (tertiary/aromatic N) is 1. The number of hydrogen-bond acceptors (Lipinski definition) is 2. The van der Waals surface area contributed by atoms with E-state index < -0.39 is 5.97 Å². The lowest BCUT2D eigenvalue weighted by molar-refractivity contribution is -0.131. The summed E-state index contributed by atoms with van der Waals surface area (Å²) in [7, 11) is 0. The zero-order chi connectivity index (χ0) is 11.4. The summed E-state index contributed by atoms with van der Waals surface area (Å²) < 4.78 is 0. The van der Waals surface area contributed by atoms with Crippen LogP contribution in [-0.4, -0.2) is 34.6 Å². The summed E-state index contributed by atoms with van der Waals surface area (Å²) in [4.78, 5) is 12.9. The van der Waals surface area contributed by atoms with Gasteiger partial charge in [0.15, 0.2) is 0 Å². The van der Waals surface area contributed by atoms with Crippen LogP contribution in [0.15, 0.2) is 11.6 Å². The van der Waals surface area contributed by atoms with Crippen LogP contribution in [-0.2, 0) is 4.79 Å². The molecule has 0 amide bonds. The molecule has 1 fully saturated rings. The first kappa shape index (κ1) is 12.2. The van der Waals surface area contributed by atoms with Crippen LogP contribution in [0.1, 0.15) is 40.0 Å². The van der Waals surface area contributed by atoms with Gasteiger partial charge in [-0.05, 0) is 33.6 Å². The number of likely N-dealkylation sites (tertiary alicyclic amines) is 1. The van der Waals surface area contributed by atoms with Gasteiger partial charge in [0.05, 0.1) is 0 Å². The van der Waals surface area contributed by atoms with Crippen molar-refractivity contribution in [3.05, 3.63) is 11.6 Å². The van der Waals surface area contributed by atoms with Crippen molar-refractivity contribution >= 4 is 5.97 Å². The molecule has 0 saturated carbocycles. The van der Waals surface area contributed by atoms with Crippen molar-refractivity contribution in [3.8, 4) is 0 Å². The zero-order valence-electron chi connectivity index (χ0n) is 9.86. The molecule has 1 aliphatic rings. The molecule has 86 valence electrons. The van der Waals surface area contributed by atoms with Gasteiger partial charge in [-0.15, -0.1) is 0 Å². The minimum absolute atomic E-state index is 0.575. The van der Waals surface area contributed by atoms with Crippen LogP contribution in [0.2, 0.25) is 0 Å². The predicted molar refractivity (Wildman–Crippen MR) is 60.9 cm³/mol. The lowest BCUT2D eigenvalue weighted by atomic mass is 9.97. The smallest absolute Gasteiger partial charge is 0.328 e. The lowest BCUT2D eigenvalue weighted by Gasteiger charge is -2.39. The Morgan fingerprint density at radius 1 is 1.40 bits per heavy atom. The molecule has 0 aromatic heterocycles. The van der Waals surface area contributed by atoms with Crippen molar-refractivity contribution in [3.63, 3.8) is 0 Å². The van der Waals surface area contributed by atoms with Crippen LogP contribution < -0.4 is 0 Å². The van der Waals surface area contributed by atoms with Crippen LogP contribution in [0.25, 0.3) is 0 Å². The molecule has 0 aromatic carbocycles. The second-order valence-electron chi connectivity index (χ2n) is 4.63. The second-order valence-corrected chi connectivity index (χ2v) is 4.63. The van der Waals surface area contributed by atoms with Crippen molar-refractivity contribution in [1.82, 2.24) is 4.90 Å². The Hall–Kier alpha value is -0.830. The van der Waals surface area contributed by atoms with Gasteiger partial charge in [-0.2, -0.15) is 0 Å². The fourth-order valence-corrected chi connectivity index (χ4v) is 2.33. The highest BCUT2D eigenvalue weighted by Gasteiger charge is 2.24. The largest absolute Gasteiger partial charge is 0.478 e. The molecule has 1 aliphatic heterocycles. The van der Waals surface area contributed by atoms with E-state index in [9.17, 15) is 4.79 Å². The highest BCUT2D eigenvalue weighted by molar-refractivity contribution is 5.80. The van der Waals surface area contributed by atoms with Crippen LogP contribution in [0.5, 0.6) is 0 Å². The maximum Gasteiger partial charge on any atom is 0.328 e. The van der Waals surface area contributed by atoms with Gasteiger partial charge in [0.2, 0.25) is 0 Å². The quantitative estimate of drug-likeness (QED) is 0.728. The standard InChI is InChI=1S/C12H21NO2/c1-9(7-12(14)15)8-13-10(2)5-4-6-11(13)3/h7,10-11H,4-6,8H2,1-3H3,(H,14,15). The Morgan fingerprint density at radius 3 is 2.40 bits per heavy atom. The maximum absolute atomic E-state index is 10.5. The molecule has 3 nitrogen and oxygen atoms in total. The zero-order valence-corrected chi connectivity index (χ0v) is 9.86. The number of carboxylic acid groups (broad SMARTS) is 1. The van der Waals surface area contributed by atoms with E-state index in [0.29, 0.717) is 12.1 Å². The summed E-state index contributed by atoms with van der Waals surface area (Å²) in [5.74, 6) is -0.843. The van der Waals surface area contributed by atoms with Gasteiger partial charge in [-0.3, -0.25) is 4.90 Å². The third kappa shape index (κ3) is 3.67. The SMILES string of the molecule is CC(=CC(=O)O)CN1C(C)CCCC1C. The Kier molecular flexibility index (Phi) is 4.33. The molecule has 1 saturated heterocycles. The van der Waals surface area contributed by atoms with E-state index in [2.05, 4.69) is 18.7 Å². The van der Waals surface area contributed by atoms with Crippen molar-refractivity contribution < 1.29 is 9.90 Å². The molecule has 0 aromatic rings. The molecule has 0 spiro atoms. The summed E-state index contributed by atoms with van der Waals surface area (Å²) in [5.41, 5.74) is 0.933. The fourth-order valence-electron chi connectivity index (χ4n) is 2.33. The minimum Gasteiger partial charge on any atom is -0.478 e. The van der Waals surface area contributed by atoms with E-state index in [4.69, 9.17) is 5.11 Å². The van der Waals surface area contributed by atoms with Crippen LogP contribution >= 0.6 is 0 Å². The van der Waals surface area contributed by atoms with Crippen LogP contribution in [0.3, 0.4) is 0 Å². The van der Waals surface area contributed by atoms with Gasteiger partial charge in [0, 0.05) is 24.7 Å². The van der Waals surface area contributed by atoms with E-state index in [1.54, 1.807) is 0 Å². The second kappa shape index (κ2) is 5.31. The first-order chi connectivity index (χ1) is 7.00. The summed E-state index contributed by atoms with van der Waals surface area (Å²) in [6, 6.07) is 1.15. The number of piperidine rings is 1. The highest BCUT2D eigenvalue weighted by atomic mass is 16.4. The van der Waals surface area contributed by atoms with E-state index in [1.807, 2.05) is 6.92 Å². The van der Waals surface area contributed by atoms with E-state index in [0.717, 1.165) is 12.1 Å². The molecule has 0 bridgehead atoms.